The van der Waals surface area contributed by atoms with Crippen molar-refractivity contribution in [1.82, 2.24) is 0 Å². The molecule has 0 aliphatic heterocycles. The molecule has 41 heavy (non-hydrogen) atoms. The fraction of sp³-hybridized carbons (Fsp3) is 0.947. The third-order valence-electron chi connectivity index (χ3n) is 5.05. The van der Waals surface area contributed by atoms with Gasteiger partial charge in [-0.25, -0.2) is 0 Å². The number of carbonyl (C=O) groups is 1. The molecule has 0 aliphatic carbocycles. The van der Waals surface area contributed by atoms with Crippen LogP contribution in [0, 0.1) is 0 Å². The number of alkyl halides is 17. The molecule has 0 heterocycles. The molecule has 0 rings (SSSR count). The average molecular weight is 651 g/mol. The minimum absolute atomic E-state index is 0.0113. The van der Waals surface area contributed by atoms with Crippen molar-refractivity contribution in [3.8, 4) is 0 Å². The quantitative estimate of drug-likeness (QED) is 0.110. The first kappa shape index (κ1) is 39.2. The number of rotatable bonds is 18. The van der Waals surface area contributed by atoms with E-state index in [1.165, 1.54) is 0 Å². The van der Waals surface area contributed by atoms with E-state index in [-0.39, 0.29) is 19.8 Å². The minimum Gasteiger partial charge on any atom is -0.462 e. The van der Waals surface area contributed by atoms with Gasteiger partial charge in [0.15, 0.2) is 0 Å². The van der Waals surface area contributed by atoms with Crippen LogP contribution in [0.1, 0.15) is 26.2 Å². The Labute approximate surface area is 219 Å². The Morgan fingerprint density at radius 1 is 0.585 bits per heavy atom. The Balaban J connectivity index is 5.63. The van der Waals surface area contributed by atoms with Crippen LogP contribution in [0.3, 0.4) is 0 Å². The fourth-order valence-corrected chi connectivity index (χ4v) is 2.58. The molecule has 0 spiro atoms. The molecule has 0 amide bonds. The van der Waals surface area contributed by atoms with Gasteiger partial charge in [0, 0.05) is 13.0 Å². The zero-order valence-corrected chi connectivity index (χ0v) is 20.4. The summed E-state index contributed by atoms with van der Waals surface area (Å²) in [5.41, 5.74) is 5.01. The van der Waals surface area contributed by atoms with E-state index in [1.54, 1.807) is 6.92 Å². The molecule has 2 N–H and O–H groups in total. The van der Waals surface area contributed by atoms with Gasteiger partial charge in [-0.3, -0.25) is 4.79 Å². The number of ether oxygens (including phenoxy) is 3. The maximum Gasteiger partial charge on any atom is 0.460 e. The van der Waals surface area contributed by atoms with Crippen molar-refractivity contribution in [3.63, 3.8) is 0 Å². The summed E-state index contributed by atoms with van der Waals surface area (Å²) in [6.45, 7) is 1.31. The lowest BCUT2D eigenvalue weighted by atomic mass is 9.87. The van der Waals surface area contributed by atoms with Gasteiger partial charge < -0.3 is 19.9 Å². The van der Waals surface area contributed by atoms with Gasteiger partial charge in [-0.15, -0.1) is 0 Å². The summed E-state index contributed by atoms with van der Waals surface area (Å²) < 4.78 is 239. The number of carbonyl (C=O) groups excluding carboxylic acids is 1. The van der Waals surface area contributed by atoms with Crippen molar-refractivity contribution >= 4 is 5.97 Å². The van der Waals surface area contributed by atoms with E-state index in [4.69, 9.17) is 15.2 Å². The predicted octanol–water partition coefficient (Wildman–Crippen LogP) is 6.09. The molecule has 246 valence electrons. The summed E-state index contributed by atoms with van der Waals surface area (Å²) in [7, 11) is 0. The highest BCUT2D eigenvalue weighted by atomic mass is 19.4. The third kappa shape index (κ3) is 7.57. The molecule has 0 saturated heterocycles. The first-order chi connectivity index (χ1) is 18.1. The minimum atomic E-state index is -8.70. The van der Waals surface area contributed by atoms with E-state index in [0.717, 1.165) is 0 Å². The first-order valence-electron chi connectivity index (χ1n) is 10.9. The van der Waals surface area contributed by atoms with Gasteiger partial charge in [0.1, 0.15) is 12.6 Å². The normalized spacial score (nSPS) is 15.7. The lowest BCUT2D eigenvalue weighted by Gasteiger charge is -2.42. The highest BCUT2D eigenvalue weighted by Gasteiger charge is 2.95. The van der Waals surface area contributed by atoms with E-state index in [0.29, 0.717) is 13.0 Å². The SMILES string of the molecule is CCCOCCOCCOC(=O)C(N)CCC(F)(F)C(F)(F)C(F)(F)C(F)(F)C(F)(F)C(F)(F)C(F)(F)C(F)(F)F. The monoisotopic (exact) mass is 651 g/mol. The van der Waals surface area contributed by atoms with Gasteiger partial charge in [-0.2, -0.15) is 74.6 Å². The number of hydrogen-bond donors (Lipinski definition) is 1. The Morgan fingerprint density at radius 2 is 0.951 bits per heavy atom. The van der Waals surface area contributed by atoms with Crippen LogP contribution in [-0.2, 0) is 19.0 Å². The second-order valence-corrected chi connectivity index (χ2v) is 8.19. The molecule has 1 atom stereocenters. The summed E-state index contributed by atoms with van der Waals surface area (Å²) in [6, 6.07) is -2.38. The largest absolute Gasteiger partial charge is 0.462 e. The molecule has 22 heteroatoms. The van der Waals surface area contributed by atoms with Crippen LogP contribution in [0.5, 0.6) is 0 Å². The van der Waals surface area contributed by atoms with Gasteiger partial charge in [-0.1, -0.05) is 6.92 Å². The standard InChI is InChI=1S/C19H22F17NO4/c1-2-5-39-6-7-40-8-9-41-11(38)10(37)3-4-12(20,21)13(22,23)14(24,25)15(26,27)16(28,29)17(30,31)18(32,33)19(34,35)36/h10H,2-9,37H2,1H3. The zero-order valence-electron chi connectivity index (χ0n) is 20.4. The van der Waals surface area contributed by atoms with Crippen molar-refractivity contribution in [2.45, 2.75) is 79.9 Å². The van der Waals surface area contributed by atoms with E-state index in [1.807, 2.05) is 0 Å². The lowest BCUT2D eigenvalue weighted by molar-refractivity contribution is -0.461. The molecule has 0 aromatic rings. The van der Waals surface area contributed by atoms with Crippen LogP contribution in [0.25, 0.3) is 0 Å². The summed E-state index contributed by atoms with van der Waals surface area (Å²) >= 11 is 0. The molecule has 5 nitrogen and oxygen atoms in total. The topological polar surface area (TPSA) is 70.8 Å². The molecular weight excluding hydrogens is 629 g/mol. The van der Waals surface area contributed by atoms with Gasteiger partial charge >= 0.3 is 53.6 Å². The van der Waals surface area contributed by atoms with Gasteiger partial charge in [-0.05, 0) is 12.8 Å². The summed E-state index contributed by atoms with van der Waals surface area (Å²) in [6.07, 6.45) is -11.8. The Hall–Kier alpha value is -1.84. The lowest BCUT2D eigenvalue weighted by Crippen LogP contribution is -2.74. The summed E-state index contributed by atoms with van der Waals surface area (Å²) in [5, 5.41) is 0. The second-order valence-electron chi connectivity index (χ2n) is 8.19. The smallest absolute Gasteiger partial charge is 0.460 e. The number of esters is 1. The highest BCUT2D eigenvalue weighted by molar-refractivity contribution is 5.75. The van der Waals surface area contributed by atoms with Crippen LogP contribution in [0.15, 0.2) is 0 Å². The van der Waals surface area contributed by atoms with E-state index in [2.05, 4.69) is 4.74 Å². The van der Waals surface area contributed by atoms with Crippen LogP contribution < -0.4 is 5.73 Å². The van der Waals surface area contributed by atoms with Crippen molar-refractivity contribution in [1.29, 1.82) is 0 Å². The maximum absolute atomic E-state index is 13.9. The average Bonchev–Trinajstić information content (AvgIpc) is 2.82. The van der Waals surface area contributed by atoms with Crippen molar-refractivity contribution in [2.24, 2.45) is 5.73 Å². The van der Waals surface area contributed by atoms with Crippen molar-refractivity contribution in [3.05, 3.63) is 0 Å². The Morgan fingerprint density at radius 3 is 1.37 bits per heavy atom. The van der Waals surface area contributed by atoms with Gasteiger partial charge in [0.05, 0.1) is 19.8 Å². The number of nitrogens with two attached hydrogens (primary N) is 1. The fourth-order valence-electron chi connectivity index (χ4n) is 2.58. The van der Waals surface area contributed by atoms with Crippen LogP contribution in [0.2, 0.25) is 0 Å². The summed E-state index contributed by atoms with van der Waals surface area (Å²) in [5.74, 6) is -58.7. The molecule has 0 bridgehead atoms. The molecule has 0 aliphatic rings. The van der Waals surface area contributed by atoms with Crippen molar-refractivity contribution < 1.29 is 93.6 Å². The second kappa shape index (κ2) is 13.2. The predicted molar refractivity (Wildman–Crippen MR) is 101 cm³/mol. The zero-order chi connectivity index (χ0) is 32.9. The van der Waals surface area contributed by atoms with Crippen molar-refractivity contribution in [2.75, 3.05) is 33.0 Å². The van der Waals surface area contributed by atoms with E-state index < -0.39 is 79.1 Å². The number of halogens is 17. The van der Waals surface area contributed by atoms with Crippen LogP contribution in [-0.4, -0.2) is 92.7 Å². The molecule has 0 saturated carbocycles. The van der Waals surface area contributed by atoms with Crippen LogP contribution >= 0.6 is 0 Å². The van der Waals surface area contributed by atoms with Gasteiger partial charge in [0.25, 0.3) is 0 Å². The molecule has 0 aromatic carbocycles. The Kier molecular flexibility index (Phi) is 12.6. The van der Waals surface area contributed by atoms with E-state index in [9.17, 15) is 79.4 Å². The Bertz CT molecular complexity index is 848. The molecule has 0 aromatic heterocycles. The number of hydrogen-bond acceptors (Lipinski definition) is 5. The molecule has 0 fully saturated rings. The summed E-state index contributed by atoms with van der Waals surface area (Å²) in [4.78, 5) is 11.6. The molecular formula is C19H22F17NO4. The van der Waals surface area contributed by atoms with E-state index >= 15 is 0 Å². The first-order valence-corrected chi connectivity index (χ1v) is 10.9. The van der Waals surface area contributed by atoms with Gasteiger partial charge in [0.2, 0.25) is 0 Å². The molecule has 1 unspecified atom stereocenters. The highest BCUT2D eigenvalue weighted by Crippen LogP contribution is 2.64. The maximum atomic E-state index is 13.9. The van der Waals surface area contributed by atoms with Crippen LogP contribution in [0.4, 0.5) is 74.6 Å². The third-order valence-corrected chi connectivity index (χ3v) is 5.05. The molecule has 0 radical (unpaired) electrons.